The predicted octanol–water partition coefficient (Wildman–Crippen LogP) is 4.01. The van der Waals surface area contributed by atoms with Crippen LogP contribution in [0, 0.1) is 0 Å². The molecule has 0 bridgehead atoms. The average Bonchev–Trinajstić information content (AvgIpc) is 3.28. The van der Waals surface area contributed by atoms with Crippen LogP contribution in [0.5, 0.6) is 5.88 Å². The number of aliphatic imine (C=N–C) groups is 1. The summed E-state index contributed by atoms with van der Waals surface area (Å²) in [7, 11) is 3.93. The van der Waals surface area contributed by atoms with Gasteiger partial charge in [-0.25, -0.2) is 4.57 Å². The van der Waals surface area contributed by atoms with E-state index >= 15 is 0 Å². The van der Waals surface area contributed by atoms with E-state index in [1.165, 1.54) is 4.57 Å². The van der Waals surface area contributed by atoms with Crippen LogP contribution in [0.2, 0.25) is 0 Å². The van der Waals surface area contributed by atoms with Crippen molar-refractivity contribution in [2.24, 2.45) is 4.99 Å². The fraction of sp³-hybridized carbons (Fsp3) is 0.167. The molecule has 152 valence electrons. The van der Waals surface area contributed by atoms with Gasteiger partial charge in [0.25, 0.3) is 5.56 Å². The van der Waals surface area contributed by atoms with Crippen molar-refractivity contribution in [3.8, 4) is 11.6 Å². The number of likely N-dealkylation sites (N-methyl/N-ethyl adjacent to an activating group) is 1. The van der Waals surface area contributed by atoms with Crippen LogP contribution in [0.15, 0.2) is 87.2 Å². The van der Waals surface area contributed by atoms with Gasteiger partial charge in [-0.3, -0.25) is 14.7 Å². The predicted molar refractivity (Wildman–Crippen MR) is 119 cm³/mol. The largest absolute Gasteiger partial charge is 0.494 e. The Morgan fingerprint density at radius 3 is 2.40 bits per heavy atom. The minimum atomic E-state index is -0.270. The number of hydrogen-bond acceptors (Lipinski definition) is 5. The van der Waals surface area contributed by atoms with Crippen LogP contribution in [0.25, 0.3) is 16.5 Å². The number of benzene rings is 2. The molecule has 0 aliphatic heterocycles. The molecule has 1 N–H and O–H groups in total. The van der Waals surface area contributed by atoms with Crippen molar-refractivity contribution >= 4 is 17.0 Å². The quantitative estimate of drug-likeness (QED) is 0.496. The molecule has 4 aromatic rings. The molecule has 0 aliphatic carbocycles. The molecule has 0 amide bonds. The molecule has 4 rings (SSSR count). The third kappa shape index (κ3) is 3.65. The third-order valence-corrected chi connectivity index (χ3v) is 5.11. The van der Waals surface area contributed by atoms with Gasteiger partial charge in [-0.2, -0.15) is 0 Å². The number of furan rings is 1. The molecule has 6 nitrogen and oxygen atoms in total. The van der Waals surface area contributed by atoms with Crippen molar-refractivity contribution < 1.29 is 9.52 Å². The summed E-state index contributed by atoms with van der Waals surface area (Å²) in [5.74, 6) is 0.688. The van der Waals surface area contributed by atoms with E-state index in [1.54, 1.807) is 30.7 Å². The molecule has 2 heterocycles. The summed E-state index contributed by atoms with van der Waals surface area (Å²) in [5.41, 5.74) is 0.835. The second-order valence-electron chi connectivity index (χ2n) is 7.25. The van der Waals surface area contributed by atoms with E-state index in [9.17, 15) is 9.90 Å². The molecule has 0 saturated carbocycles. The van der Waals surface area contributed by atoms with Gasteiger partial charge in [0.2, 0.25) is 5.88 Å². The summed E-state index contributed by atoms with van der Waals surface area (Å²) in [6, 6.07) is 20.1. The van der Waals surface area contributed by atoms with Gasteiger partial charge in [0.15, 0.2) is 0 Å². The zero-order chi connectivity index (χ0) is 21.1. The summed E-state index contributed by atoms with van der Waals surface area (Å²) >= 11 is 0. The van der Waals surface area contributed by atoms with Gasteiger partial charge in [-0.05, 0) is 44.4 Å². The minimum absolute atomic E-state index is 0.0373. The maximum absolute atomic E-state index is 13.1. The van der Waals surface area contributed by atoms with E-state index in [1.807, 2.05) is 67.5 Å². The van der Waals surface area contributed by atoms with Gasteiger partial charge in [0, 0.05) is 17.0 Å². The van der Waals surface area contributed by atoms with E-state index in [-0.39, 0.29) is 17.5 Å². The molecular weight excluding hydrogens is 378 g/mol. The Morgan fingerprint density at radius 1 is 1.03 bits per heavy atom. The molecule has 0 aliphatic rings. The van der Waals surface area contributed by atoms with Crippen LogP contribution in [-0.4, -0.2) is 41.4 Å². The van der Waals surface area contributed by atoms with Crippen molar-refractivity contribution in [2.75, 3.05) is 20.6 Å². The number of rotatable bonds is 6. The molecule has 0 radical (unpaired) electrons. The zero-order valence-corrected chi connectivity index (χ0v) is 16.9. The van der Waals surface area contributed by atoms with E-state index in [2.05, 4.69) is 4.99 Å². The van der Waals surface area contributed by atoms with Crippen LogP contribution in [0.1, 0.15) is 17.4 Å². The Kier molecular flexibility index (Phi) is 5.50. The highest BCUT2D eigenvalue weighted by Crippen LogP contribution is 2.26. The van der Waals surface area contributed by atoms with Crippen LogP contribution in [-0.2, 0) is 0 Å². The number of hydrogen-bond donors (Lipinski definition) is 1. The topological polar surface area (TPSA) is 71.0 Å². The first-order valence-electron chi connectivity index (χ1n) is 9.69. The molecule has 1 atom stereocenters. The summed E-state index contributed by atoms with van der Waals surface area (Å²) in [6.45, 7) is 0.443. The molecule has 0 fully saturated rings. The Morgan fingerprint density at radius 2 is 1.73 bits per heavy atom. The van der Waals surface area contributed by atoms with Crippen molar-refractivity contribution in [3.05, 3.63) is 94.7 Å². The van der Waals surface area contributed by atoms with Crippen molar-refractivity contribution in [1.82, 2.24) is 9.47 Å². The summed E-state index contributed by atoms with van der Waals surface area (Å²) in [4.78, 5) is 19.7. The highest BCUT2D eigenvalue weighted by atomic mass is 16.3. The van der Waals surface area contributed by atoms with Gasteiger partial charge < -0.3 is 9.52 Å². The Hall–Kier alpha value is -3.64. The molecule has 2 aromatic heterocycles. The van der Waals surface area contributed by atoms with Crippen LogP contribution >= 0.6 is 0 Å². The van der Waals surface area contributed by atoms with E-state index in [4.69, 9.17) is 4.42 Å². The summed E-state index contributed by atoms with van der Waals surface area (Å²) < 4.78 is 6.86. The number of fused-ring (bicyclic) bond motifs is 1. The first-order valence-corrected chi connectivity index (χ1v) is 9.69. The lowest BCUT2D eigenvalue weighted by molar-refractivity contribution is 0.265. The average molecular weight is 401 g/mol. The Balaban J connectivity index is 1.80. The summed E-state index contributed by atoms with van der Waals surface area (Å²) in [5, 5.41) is 12.2. The van der Waals surface area contributed by atoms with Gasteiger partial charge in [0.1, 0.15) is 5.76 Å². The molecule has 0 spiro atoms. The fourth-order valence-electron chi connectivity index (χ4n) is 3.54. The first kappa shape index (κ1) is 19.7. The van der Waals surface area contributed by atoms with E-state index < -0.39 is 0 Å². The maximum atomic E-state index is 13.1. The first-order chi connectivity index (χ1) is 14.6. The SMILES string of the molecule is CN(C)C(CN=Cc1c(O)n(-c2ccccc2)c(=O)c2ccccc12)c1ccco1. The minimum Gasteiger partial charge on any atom is -0.494 e. The second kappa shape index (κ2) is 8.39. The van der Waals surface area contributed by atoms with Crippen LogP contribution in [0.3, 0.4) is 0 Å². The zero-order valence-electron chi connectivity index (χ0n) is 16.9. The van der Waals surface area contributed by atoms with Crippen molar-refractivity contribution in [1.29, 1.82) is 0 Å². The maximum Gasteiger partial charge on any atom is 0.265 e. The molecule has 2 aromatic carbocycles. The van der Waals surface area contributed by atoms with Gasteiger partial charge >= 0.3 is 0 Å². The summed E-state index contributed by atoms with van der Waals surface area (Å²) in [6.07, 6.45) is 3.28. The normalized spacial score (nSPS) is 12.8. The van der Waals surface area contributed by atoms with Crippen LogP contribution < -0.4 is 5.56 Å². The smallest absolute Gasteiger partial charge is 0.265 e. The molecule has 30 heavy (non-hydrogen) atoms. The number of pyridine rings is 1. The Labute approximate surface area is 174 Å². The van der Waals surface area contributed by atoms with Gasteiger partial charge in [0.05, 0.1) is 30.1 Å². The lowest BCUT2D eigenvalue weighted by Crippen LogP contribution is -2.22. The van der Waals surface area contributed by atoms with Gasteiger partial charge in [-0.15, -0.1) is 0 Å². The number of para-hydroxylation sites is 1. The van der Waals surface area contributed by atoms with Crippen molar-refractivity contribution in [2.45, 2.75) is 6.04 Å². The van der Waals surface area contributed by atoms with E-state index in [0.717, 1.165) is 5.76 Å². The van der Waals surface area contributed by atoms with Crippen molar-refractivity contribution in [3.63, 3.8) is 0 Å². The highest BCUT2D eigenvalue weighted by molar-refractivity contribution is 6.01. The Bertz CT molecular complexity index is 1230. The molecule has 0 saturated heterocycles. The molecular formula is C24H23N3O3. The van der Waals surface area contributed by atoms with E-state index in [0.29, 0.717) is 28.6 Å². The highest BCUT2D eigenvalue weighted by Gasteiger charge is 2.18. The second-order valence-corrected chi connectivity index (χ2v) is 7.25. The standard InChI is InChI=1S/C24H23N3O3/c1-26(2)21(22-13-8-14-30-22)16-25-15-20-18-11-6-7-12-19(18)23(28)27(24(20)29)17-9-4-3-5-10-17/h3-15,21,29H,16H2,1-2H3. The monoisotopic (exact) mass is 401 g/mol. The molecule has 1 unspecified atom stereocenters. The fourth-order valence-corrected chi connectivity index (χ4v) is 3.54. The lowest BCUT2D eigenvalue weighted by Gasteiger charge is -2.20. The molecule has 6 heteroatoms. The van der Waals surface area contributed by atoms with Gasteiger partial charge in [-0.1, -0.05) is 36.4 Å². The van der Waals surface area contributed by atoms with Crippen LogP contribution in [0.4, 0.5) is 0 Å². The number of aromatic hydroxyl groups is 1. The number of aromatic nitrogens is 1. The number of nitrogens with zero attached hydrogens (tertiary/aromatic N) is 3. The lowest BCUT2D eigenvalue weighted by atomic mass is 10.1. The third-order valence-electron chi connectivity index (χ3n) is 5.11.